The Labute approximate surface area is 86.5 Å². The van der Waals surface area contributed by atoms with Crippen LogP contribution in [0.15, 0.2) is 0 Å². The molecule has 0 amide bonds. The van der Waals surface area contributed by atoms with Gasteiger partial charge in [-0.1, -0.05) is 0 Å². The van der Waals surface area contributed by atoms with Gasteiger partial charge in [0.1, 0.15) is 0 Å². The fourth-order valence-corrected chi connectivity index (χ4v) is 1.61. The second-order valence-electron chi connectivity index (χ2n) is 4.20. The fourth-order valence-electron chi connectivity index (χ4n) is 1.02. The molecule has 1 atom stereocenters. The molecule has 1 unspecified atom stereocenters. The highest BCUT2D eigenvalue weighted by molar-refractivity contribution is 7.98. The fraction of sp³-hybridized carbons (Fsp3) is 1.00. The summed E-state index contributed by atoms with van der Waals surface area (Å²) in [5.41, 5.74) is -0.535. The lowest BCUT2D eigenvalue weighted by Gasteiger charge is -2.19. The smallest absolute Gasteiger partial charge is 0.0603 e. The van der Waals surface area contributed by atoms with E-state index in [1.165, 1.54) is 12.2 Å². The molecule has 0 fully saturated rings. The summed E-state index contributed by atoms with van der Waals surface area (Å²) < 4.78 is 0. The van der Waals surface area contributed by atoms with Gasteiger partial charge in [-0.15, -0.1) is 0 Å². The SMILES string of the molecule is CSCCC(C)NCCC(C)(C)O. The largest absolute Gasteiger partial charge is 0.390 e. The first-order valence-corrected chi connectivity index (χ1v) is 6.30. The van der Waals surface area contributed by atoms with Crippen molar-refractivity contribution in [1.82, 2.24) is 5.32 Å². The minimum absolute atomic E-state index is 0.535. The van der Waals surface area contributed by atoms with Crippen LogP contribution >= 0.6 is 11.8 Å². The zero-order valence-corrected chi connectivity index (χ0v) is 10.1. The summed E-state index contributed by atoms with van der Waals surface area (Å²) in [6, 6.07) is 0.565. The van der Waals surface area contributed by atoms with Gasteiger partial charge in [-0.3, -0.25) is 0 Å². The van der Waals surface area contributed by atoms with E-state index in [0.717, 1.165) is 13.0 Å². The second kappa shape index (κ2) is 6.68. The first-order valence-electron chi connectivity index (χ1n) is 4.90. The maximum atomic E-state index is 9.46. The van der Waals surface area contributed by atoms with Crippen molar-refractivity contribution in [3.05, 3.63) is 0 Å². The van der Waals surface area contributed by atoms with Crippen molar-refractivity contribution in [3.63, 3.8) is 0 Å². The van der Waals surface area contributed by atoms with Crippen molar-refractivity contribution < 1.29 is 5.11 Å². The molecule has 0 saturated carbocycles. The van der Waals surface area contributed by atoms with E-state index in [9.17, 15) is 5.11 Å². The van der Waals surface area contributed by atoms with Gasteiger partial charge in [-0.25, -0.2) is 0 Å². The summed E-state index contributed by atoms with van der Waals surface area (Å²) in [5.74, 6) is 1.21. The van der Waals surface area contributed by atoms with Crippen LogP contribution in [-0.4, -0.2) is 35.3 Å². The van der Waals surface area contributed by atoms with Gasteiger partial charge in [0.15, 0.2) is 0 Å². The van der Waals surface area contributed by atoms with E-state index in [4.69, 9.17) is 0 Å². The van der Waals surface area contributed by atoms with E-state index < -0.39 is 5.60 Å². The summed E-state index contributed by atoms with van der Waals surface area (Å²) >= 11 is 1.88. The van der Waals surface area contributed by atoms with E-state index in [1.54, 1.807) is 0 Å². The molecule has 2 N–H and O–H groups in total. The average Bonchev–Trinajstić information content (AvgIpc) is 1.98. The van der Waals surface area contributed by atoms with E-state index in [1.807, 2.05) is 25.6 Å². The average molecular weight is 205 g/mol. The van der Waals surface area contributed by atoms with Gasteiger partial charge in [0.2, 0.25) is 0 Å². The van der Waals surface area contributed by atoms with Crippen LogP contribution in [-0.2, 0) is 0 Å². The zero-order chi connectivity index (χ0) is 10.3. The molecule has 0 rings (SSSR count). The van der Waals surface area contributed by atoms with Crippen molar-refractivity contribution >= 4 is 11.8 Å². The van der Waals surface area contributed by atoms with Crippen molar-refractivity contribution in [2.24, 2.45) is 0 Å². The van der Waals surface area contributed by atoms with E-state index in [0.29, 0.717) is 6.04 Å². The Balaban J connectivity index is 3.31. The van der Waals surface area contributed by atoms with Crippen LogP contribution in [0.1, 0.15) is 33.6 Å². The monoisotopic (exact) mass is 205 g/mol. The van der Waals surface area contributed by atoms with Crippen LogP contribution in [0, 0.1) is 0 Å². The van der Waals surface area contributed by atoms with Crippen LogP contribution in [0.2, 0.25) is 0 Å². The standard InChI is InChI=1S/C10H23NOS/c1-9(5-8-13-4)11-7-6-10(2,3)12/h9,11-12H,5-8H2,1-4H3. The zero-order valence-electron chi connectivity index (χ0n) is 9.26. The van der Waals surface area contributed by atoms with Gasteiger partial charge < -0.3 is 10.4 Å². The first kappa shape index (κ1) is 13.3. The quantitative estimate of drug-likeness (QED) is 0.665. The minimum Gasteiger partial charge on any atom is -0.390 e. The van der Waals surface area contributed by atoms with Crippen LogP contribution in [0.5, 0.6) is 0 Å². The third-order valence-electron chi connectivity index (χ3n) is 1.98. The topological polar surface area (TPSA) is 32.3 Å². The van der Waals surface area contributed by atoms with E-state index >= 15 is 0 Å². The van der Waals surface area contributed by atoms with Crippen LogP contribution < -0.4 is 5.32 Å². The van der Waals surface area contributed by atoms with Gasteiger partial charge in [0.25, 0.3) is 0 Å². The molecule has 13 heavy (non-hydrogen) atoms. The van der Waals surface area contributed by atoms with Crippen molar-refractivity contribution in [2.45, 2.75) is 45.3 Å². The van der Waals surface area contributed by atoms with Gasteiger partial charge >= 0.3 is 0 Å². The molecule has 0 spiro atoms. The molecule has 0 aromatic carbocycles. The van der Waals surface area contributed by atoms with E-state index in [-0.39, 0.29) is 0 Å². The second-order valence-corrected chi connectivity index (χ2v) is 5.18. The first-order chi connectivity index (χ1) is 5.95. The Kier molecular flexibility index (Phi) is 6.82. The number of nitrogens with one attached hydrogen (secondary N) is 1. The Morgan fingerprint density at radius 1 is 1.46 bits per heavy atom. The summed E-state index contributed by atoms with van der Waals surface area (Å²) in [6.07, 6.45) is 4.15. The lowest BCUT2D eigenvalue weighted by atomic mass is 10.1. The molecule has 0 bridgehead atoms. The lowest BCUT2D eigenvalue weighted by Crippen LogP contribution is -2.32. The molecule has 80 valence electrons. The highest BCUT2D eigenvalue weighted by Crippen LogP contribution is 2.06. The number of hydrogen-bond donors (Lipinski definition) is 2. The third-order valence-corrected chi connectivity index (χ3v) is 2.63. The normalized spacial score (nSPS) is 14.5. The summed E-state index contributed by atoms with van der Waals surface area (Å²) in [5, 5.41) is 12.9. The predicted molar refractivity (Wildman–Crippen MR) is 61.4 cm³/mol. The molecule has 0 aromatic heterocycles. The van der Waals surface area contributed by atoms with Crippen molar-refractivity contribution in [1.29, 1.82) is 0 Å². The summed E-state index contributed by atoms with van der Waals surface area (Å²) in [7, 11) is 0. The summed E-state index contributed by atoms with van der Waals surface area (Å²) in [4.78, 5) is 0. The van der Waals surface area contributed by atoms with Gasteiger partial charge in [0, 0.05) is 6.04 Å². The molecule has 0 radical (unpaired) electrons. The number of aliphatic hydroxyl groups is 1. The molecule has 0 aromatic rings. The molecule has 0 aliphatic carbocycles. The molecular formula is C10H23NOS. The van der Waals surface area contributed by atoms with Crippen LogP contribution in [0.25, 0.3) is 0 Å². The lowest BCUT2D eigenvalue weighted by molar-refractivity contribution is 0.0705. The number of rotatable bonds is 7. The number of hydrogen-bond acceptors (Lipinski definition) is 3. The summed E-state index contributed by atoms with van der Waals surface area (Å²) in [6.45, 7) is 6.79. The molecule has 0 saturated heterocycles. The highest BCUT2D eigenvalue weighted by atomic mass is 32.2. The molecule has 2 nitrogen and oxygen atoms in total. The maximum Gasteiger partial charge on any atom is 0.0603 e. The van der Waals surface area contributed by atoms with Gasteiger partial charge in [0.05, 0.1) is 5.60 Å². The Morgan fingerprint density at radius 2 is 2.08 bits per heavy atom. The number of thioether (sulfide) groups is 1. The van der Waals surface area contributed by atoms with Gasteiger partial charge in [-0.2, -0.15) is 11.8 Å². The molecular weight excluding hydrogens is 182 g/mol. The maximum absolute atomic E-state index is 9.46. The Bertz CT molecular complexity index is 123. The van der Waals surface area contributed by atoms with Crippen molar-refractivity contribution in [3.8, 4) is 0 Å². The molecule has 0 aliphatic rings. The Morgan fingerprint density at radius 3 is 2.54 bits per heavy atom. The van der Waals surface area contributed by atoms with Gasteiger partial charge in [-0.05, 0) is 52.2 Å². The molecule has 3 heteroatoms. The van der Waals surface area contributed by atoms with Crippen molar-refractivity contribution in [2.75, 3.05) is 18.6 Å². The molecule has 0 aliphatic heterocycles. The molecule has 0 heterocycles. The highest BCUT2D eigenvalue weighted by Gasteiger charge is 2.11. The Hall–Kier alpha value is 0.270. The third kappa shape index (κ3) is 10.2. The van der Waals surface area contributed by atoms with Crippen LogP contribution in [0.3, 0.4) is 0 Å². The minimum atomic E-state index is -0.535. The van der Waals surface area contributed by atoms with Crippen LogP contribution in [0.4, 0.5) is 0 Å². The van der Waals surface area contributed by atoms with E-state index in [2.05, 4.69) is 18.5 Å². The predicted octanol–water partition coefficient (Wildman–Crippen LogP) is 1.88.